The summed E-state index contributed by atoms with van der Waals surface area (Å²) in [5.74, 6) is -2.32. The standard InChI is InChI=1S/C6H9N3O6/c7-2(4(11)15-6(9)13)1-3(10)14-5(8)12/h2H,1,7H2,(H2,8,12)(H2,9,13)/t2-/m0/s1. The van der Waals surface area contributed by atoms with Crippen molar-refractivity contribution < 1.29 is 28.7 Å². The number of primary amides is 2. The molecule has 0 aromatic rings. The first-order valence-corrected chi connectivity index (χ1v) is 3.59. The monoisotopic (exact) mass is 219 g/mol. The van der Waals surface area contributed by atoms with Crippen LogP contribution in [0.5, 0.6) is 0 Å². The normalized spacial score (nSPS) is 11.3. The van der Waals surface area contributed by atoms with Crippen molar-refractivity contribution in [1.29, 1.82) is 0 Å². The number of ether oxygens (including phenoxy) is 2. The molecule has 0 aliphatic heterocycles. The molecule has 0 fully saturated rings. The summed E-state index contributed by atoms with van der Waals surface area (Å²) < 4.78 is 7.74. The molecule has 1 atom stereocenters. The van der Waals surface area contributed by atoms with Crippen molar-refractivity contribution in [2.45, 2.75) is 12.5 Å². The van der Waals surface area contributed by atoms with Crippen LogP contribution in [-0.2, 0) is 19.1 Å². The minimum Gasteiger partial charge on any atom is -0.376 e. The summed E-state index contributed by atoms with van der Waals surface area (Å²) in [5, 5.41) is 0. The second kappa shape index (κ2) is 5.54. The van der Waals surface area contributed by atoms with Crippen molar-refractivity contribution >= 4 is 24.1 Å². The van der Waals surface area contributed by atoms with Gasteiger partial charge >= 0.3 is 24.1 Å². The summed E-state index contributed by atoms with van der Waals surface area (Å²) in [6, 6.07) is -1.45. The number of carbonyl (C=O) groups is 4. The van der Waals surface area contributed by atoms with Gasteiger partial charge in [-0.25, -0.2) is 14.4 Å². The zero-order valence-electron chi connectivity index (χ0n) is 7.47. The van der Waals surface area contributed by atoms with Crippen molar-refractivity contribution in [3.63, 3.8) is 0 Å². The van der Waals surface area contributed by atoms with E-state index in [1.807, 2.05) is 0 Å². The van der Waals surface area contributed by atoms with Gasteiger partial charge in [-0.15, -0.1) is 0 Å². The summed E-state index contributed by atoms with van der Waals surface area (Å²) in [4.78, 5) is 41.7. The van der Waals surface area contributed by atoms with Crippen LogP contribution in [0.2, 0.25) is 0 Å². The van der Waals surface area contributed by atoms with Crippen LogP contribution in [0.4, 0.5) is 9.59 Å². The van der Waals surface area contributed by atoms with Gasteiger partial charge in [0.25, 0.3) is 0 Å². The Morgan fingerprint density at radius 2 is 1.47 bits per heavy atom. The largest absolute Gasteiger partial charge is 0.412 e. The molecule has 9 heteroatoms. The zero-order chi connectivity index (χ0) is 12.0. The molecule has 0 aliphatic rings. The van der Waals surface area contributed by atoms with E-state index in [4.69, 9.17) is 5.73 Å². The molecule has 0 aliphatic carbocycles. The van der Waals surface area contributed by atoms with E-state index in [0.29, 0.717) is 0 Å². The summed E-state index contributed by atoms with van der Waals surface area (Å²) in [6.07, 6.45) is -3.33. The van der Waals surface area contributed by atoms with E-state index in [1.165, 1.54) is 0 Å². The molecule has 84 valence electrons. The molecule has 0 aromatic heterocycles. The molecule has 0 bridgehead atoms. The second-order valence-corrected chi connectivity index (χ2v) is 2.34. The third kappa shape index (κ3) is 5.99. The summed E-state index contributed by atoms with van der Waals surface area (Å²) in [6.45, 7) is 0. The third-order valence-corrected chi connectivity index (χ3v) is 1.10. The van der Waals surface area contributed by atoms with Crippen LogP contribution in [-0.4, -0.2) is 30.2 Å². The number of nitrogens with two attached hydrogens (primary N) is 3. The predicted octanol–water partition coefficient (Wildman–Crippen LogP) is -2.05. The van der Waals surface area contributed by atoms with Gasteiger partial charge in [-0.05, 0) is 0 Å². The highest BCUT2D eigenvalue weighted by Crippen LogP contribution is 1.95. The van der Waals surface area contributed by atoms with E-state index >= 15 is 0 Å². The molecule has 0 unspecified atom stereocenters. The van der Waals surface area contributed by atoms with Crippen LogP contribution in [0.15, 0.2) is 0 Å². The molecule has 15 heavy (non-hydrogen) atoms. The van der Waals surface area contributed by atoms with E-state index in [1.54, 1.807) is 0 Å². The van der Waals surface area contributed by atoms with Crippen molar-refractivity contribution in [3.05, 3.63) is 0 Å². The third-order valence-electron chi connectivity index (χ3n) is 1.10. The lowest BCUT2D eigenvalue weighted by Gasteiger charge is -2.07. The smallest absolute Gasteiger partial charge is 0.376 e. The van der Waals surface area contributed by atoms with Gasteiger partial charge in [-0.1, -0.05) is 0 Å². The van der Waals surface area contributed by atoms with Crippen molar-refractivity contribution in [3.8, 4) is 0 Å². The molecule has 0 saturated carbocycles. The highest BCUT2D eigenvalue weighted by Gasteiger charge is 2.22. The van der Waals surface area contributed by atoms with Gasteiger partial charge in [0.05, 0.1) is 6.42 Å². The van der Waals surface area contributed by atoms with Crippen molar-refractivity contribution in [1.82, 2.24) is 0 Å². The molecule has 0 radical (unpaired) electrons. The topological polar surface area (TPSA) is 165 Å². The lowest BCUT2D eigenvalue weighted by Crippen LogP contribution is -2.38. The summed E-state index contributed by atoms with van der Waals surface area (Å²) in [5.41, 5.74) is 14.1. The maximum Gasteiger partial charge on any atom is 0.412 e. The quantitative estimate of drug-likeness (QED) is 0.362. The number of carbonyl (C=O) groups excluding carboxylic acids is 4. The Morgan fingerprint density at radius 3 is 1.87 bits per heavy atom. The Kier molecular flexibility index (Phi) is 4.75. The first kappa shape index (κ1) is 12.8. The zero-order valence-corrected chi connectivity index (χ0v) is 7.47. The van der Waals surface area contributed by atoms with Gasteiger partial charge in [-0.2, -0.15) is 0 Å². The highest BCUT2D eigenvalue weighted by molar-refractivity contribution is 5.91. The molecule has 9 nitrogen and oxygen atoms in total. The number of esters is 2. The fourth-order valence-corrected chi connectivity index (χ4v) is 0.592. The minimum absolute atomic E-state index is 0.658. The Hall–Kier alpha value is -2.16. The molecule has 0 heterocycles. The summed E-state index contributed by atoms with van der Waals surface area (Å²) in [7, 11) is 0. The highest BCUT2D eigenvalue weighted by atomic mass is 16.6. The first-order valence-electron chi connectivity index (χ1n) is 3.59. The van der Waals surface area contributed by atoms with E-state index in [0.717, 1.165) is 0 Å². The number of hydrogen-bond acceptors (Lipinski definition) is 7. The van der Waals surface area contributed by atoms with Gasteiger partial charge in [-0.3, -0.25) is 4.79 Å². The molecule has 0 saturated heterocycles. The molecule has 6 N–H and O–H groups in total. The lowest BCUT2D eigenvalue weighted by atomic mass is 10.2. The van der Waals surface area contributed by atoms with E-state index < -0.39 is 36.6 Å². The van der Waals surface area contributed by atoms with Gasteiger partial charge < -0.3 is 26.7 Å². The molecule has 0 aromatic carbocycles. The second-order valence-electron chi connectivity index (χ2n) is 2.34. The van der Waals surface area contributed by atoms with E-state index in [-0.39, 0.29) is 0 Å². The fourth-order valence-electron chi connectivity index (χ4n) is 0.592. The van der Waals surface area contributed by atoms with Gasteiger partial charge in [0.2, 0.25) is 0 Å². The SMILES string of the molecule is NC(=O)OC(=O)C[C@H](N)C(=O)OC(N)=O. The van der Waals surface area contributed by atoms with Gasteiger partial charge in [0.1, 0.15) is 6.04 Å². The lowest BCUT2D eigenvalue weighted by molar-refractivity contribution is -0.145. The Labute approximate surface area is 83.5 Å². The maximum atomic E-state index is 10.8. The molecule has 2 amide bonds. The molecule has 0 spiro atoms. The van der Waals surface area contributed by atoms with E-state index in [9.17, 15) is 19.2 Å². The summed E-state index contributed by atoms with van der Waals surface area (Å²) >= 11 is 0. The van der Waals surface area contributed by atoms with Crippen molar-refractivity contribution in [2.24, 2.45) is 17.2 Å². The average Bonchev–Trinajstić information content (AvgIpc) is 2.00. The Morgan fingerprint density at radius 1 is 1.00 bits per heavy atom. The number of rotatable bonds is 3. The van der Waals surface area contributed by atoms with Crippen LogP contribution in [0, 0.1) is 0 Å². The predicted molar refractivity (Wildman–Crippen MR) is 43.9 cm³/mol. The fraction of sp³-hybridized carbons (Fsp3) is 0.333. The molecular formula is C6H9N3O6. The minimum atomic E-state index is -1.45. The average molecular weight is 219 g/mol. The molecular weight excluding hydrogens is 210 g/mol. The van der Waals surface area contributed by atoms with Gasteiger partial charge in [0, 0.05) is 0 Å². The van der Waals surface area contributed by atoms with Crippen LogP contribution < -0.4 is 17.2 Å². The van der Waals surface area contributed by atoms with E-state index in [2.05, 4.69) is 20.9 Å². The maximum absolute atomic E-state index is 10.8. The van der Waals surface area contributed by atoms with Crippen LogP contribution in [0.25, 0.3) is 0 Å². The number of hydrogen-bond donors (Lipinski definition) is 3. The van der Waals surface area contributed by atoms with Crippen LogP contribution in [0.1, 0.15) is 6.42 Å². The molecule has 0 rings (SSSR count). The van der Waals surface area contributed by atoms with Crippen molar-refractivity contribution in [2.75, 3.05) is 0 Å². The van der Waals surface area contributed by atoms with Crippen LogP contribution in [0.3, 0.4) is 0 Å². The van der Waals surface area contributed by atoms with Crippen LogP contribution >= 0.6 is 0 Å². The first-order chi connectivity index (χ1) is 6.82. The van der Waals surface area contributed by atoms with Gasteiger partial charge in [0.15, 0.2) is 0 Å². The number of amides is 2. The Balaban J connectivity index is 4.07. The Bertz CT molecular complexity index is 301.